The van der Waals surface area contributed by atoms with E-state index in [2.05, 4.69) is 26.1 Å². The lowest BCUT2D eigenvalue weighted by Crippen LogP contribution is -2.43. The second kappa shape index (κ2) is 5.13. The fourth-order valence-corrected chi connectivity index (χ4v) is 2.10. The van der Waals surface area contributed by atoms with E-state index in [1.807, 2.05) is 0 Å². The Morgan fingerprint density at radius 2 is 1.79 bits per heavy atom. The Bertz CT molecular complexity index is 156. The van der Waals surface area contributed by atoms with Crippen molar-refractivity contribution in [3.8, 4) is 0 Å². The first-order valence-corrected chi connectivity index (χ1v) is 5.92. The van der Waals surface area contributed by atoms with Crippen molar-refractivity contribution in [2.45, 2.75) is 64.5 Å². The molecule has 0 amide bonds. The van der Waals surface area contributed by atoms with Crippen LogP contribution in [0, 0.1) is 5.92 Å². The maximum atomic E-state index is 9.97. The van der Waals surface area contributed by atoms with Crippen molar-refractivity contribution in [3.05, 3.63) is 0 Å². The van der Waals surface area contributed by atoms with Gasteiger partial charge in [-0.2, -0.15) is 0 Å². The number of aliphatic hydroxyl groups excluding tert-OH is 1. The molecule has 0 heterocycles. The molecule has 0 saturated heterocycles. The molecule has 2 heteroatoms. The highest BCUT2D eigenvalue weighted by molar-refractivity contribution is 4.78. The van der Waals surface area contributed by atoms with Crippen LogP contribution in [0.15, 0.2) is 0 Å². The van der Waals surface area contributed by atoms with Gasteiger partial charge in [0.05, 0.1) is 6.10 Å². The molecule has 1 saturated carbocycles. The average molecular weight is 199 g/mol. The van der Waals surface area contributed by atoms with Crippen molar-refractivity contribution in [1.29, 1.82) is 0 Å². The molecule has 0 aromatic carbocycles. The van der Waals surface area contributed by atoms with Crippen LogP contribution in [0.5, 0.6) is 0 Å². The molecule has 0 spiro atoms. The number of nitrogens with one attached hydrogen (secondary N) is 1. The predicted molar refractivity (Wildman–Crippen MR) is 60.3 cm³/mol. The summed E-state index contributed by atoms with van der Waals surface area (Å²) in [5.41, 5.74) is 0.121. The summed E-state index contributed by atoms with van der Waals surface area (Å²) >= 11 is 0. The van der Waals surface area contributed by atoms with Gasteiger partial charge in [-0.1, -0.05) is 19.3 Å². The summed E-state index contributed by atoms with van der Waals surface area (Å²) in [6, 6.07) is 0. The molecule has 0 radical (unpaired) electrons. The minimum atomic E-state index is -0.144. The molecule has 1 aliphatic carbocycles. The van der Waals surface area contributed by atoms with Gasteiger partial charge < -0.3 is 10.4 Å². The standard InChI is InChI=1S/C12H25NO/c1-12(2,3)13-9-11(14)10-7-5-4-6-8-10/h10-11,13-14H,4-9H2,1-3H3. The van der Waals surface area contributed by atoms with Crippen LogP contribution in [0.25, 0.3) is 0 Å². The fourth-order valence-electron chi connectivity index (χ4n) is 2.10. The lowest BCUT2D eigenvalue weighted by atomic mass is 9.85. The first-order valence-electron chi connectivity index (χ1n) is 5.92. The van der Waals surface area contributed by atoms with Gasteiger partial charge in [-0.05, 0) is 39.5 Å². The van der Waals surface area contributed by atoms with E-state index in [0.717, 1.165) is 6.54 Å². The molecule has 1 aliphatic rings. The van der Waals surface area contributed by atoms with Gasteiger partial charge in [-0.15, -0.1) is 0 Å². The molecule has 0 aliphatic heterocycles. The number of hydrogen-bond acceptors (Lipinski definition) is 2. The summed E-state index contributed by atoms with van der Waals surface area (Å²) in [5, 5.41) is 13.3. The zero-order valence-electron chi connectivity index (χ0n) is 9.84. The molecule has 1 atom stereocenters. The molecular weight excluding hydrogens is 174 g/mol. The van der Waals surface area contributed by atoms with Crippen molar-refractivity contribution in [2.75, 3.05) is 6.54 Å². The number of β-amino-alcohol motifs (C(OH)–C–C–N with tert-alkyl or cyclic N) is 1. The van der Waals surface area contributed by atoms with Crippen molar-refractivity contribution < 1.29 is 5.11 Å². The molecule has 1 fully saturated rings. The largest absolute Gasteiger partial charge is 0.392 e. The maximum absolute atomic E-state index is 9.97. The third-order valence-corrected chi connectivity index (χ3v) is 3.04. The van der Waals surface area contributed by atoms with E-state index in [-0.39, 0.29) is 11.6 Å². The molecule has 14 heavy (non-hydrogen) atoms. The molecule has 1 rings (SSSR count). The maximum Gasteiger partial charge on any atom is 0.0692 e. The third-order valence-electron chi connectivity index (χ3n) is 3.04. The quantitative estimate of drug-likeness (QED) is 0.731. The molecule has 0 bridgehead atoms. The Morgan fingerprint density at radius 3 is 2.29 bits per heavy atom. The molecule has 1 unspecified atom stereocenters. The monoisotopic (exact) mass is 199 g/mol. The zero-order chi connectivity index (χ0) is 10.6. The second-order valence-corrected chi connectivity index (χ2v) is 5.60. The van der Waals surface area contributed by atoms with E-state index in [4.69, 9.17) is 0 Å². The van der Waals surface area contributed by atoms with E-state index in [0.29, 0.717) is 5.92 Å². The first kappa shape index (κ1) is 12.0. The van der Waals surface area contributed by atoms with Crippen LogP contribution in [0.3, 0.4) is 0 Å². The Morgan fingerprint density at radius 1 is 1.21 bits per heavy atom. The van der Waals surface area contributed by atoms with Crippen LogP contribution in [0.2, 0.25) is 0 Å². The number of rotatable bonds is 3. The molecular formula is C12H25NO. The predicted octanol–water partition coefficient (Wildman–Crippen LogP) is 2.32. The summed E-state index contributed by atoms with van der Waals surface area (Å²) in [6.45, 7) is 7.16. The van der Waals surface area contributed by atoms with E-state index >= 15 is 0 Å². The Kier molecular flexibility index (Phi) is 4.39. The molecule has 0 aromatic rings. The van der Waals surface area contributed by atoms with Gasteiger partial charge in [0.25, 0.3) is 0 Å². The summed E-state index contributed by atoms with van der Waals surface area (Å²) < 4.78 is 0. The van der Waals surface area contributed by atoms with Crippen LogP contribution < -0.4 is 5.32 Å². The fraction of sp³-hybridized carbons (Fsp3) is 1.00. The highest BCUT2D eigenvalue weighted by Crippen LogP contribution is 2.26. The lowest BCUT2D eigenvalue weighted by Gasteiger charge is -2.29. The van der Waals surface area contributed by atoms with E-state index in [9.17, 15) is 5.11 Å². The minimum absolute atomic E-state index is 0.121. The summed E-state index contributed by atoms with van der Waals surface area (Å²) in [6.07, 6.45) is 6.25. The van der Waals surface area contributed by atoms with E-state index in [1.165, 1.54) is 32.1 Å². The third kappa shape index (κ3) is 4.43. The summed E-state index contributed by atoms with van der Waals surface area (Å²) in [7, 11) is 0. The summed E-state index contributed by atoms with van der Waals surface area (Å²) in [5.74, 6) is 0.540. The number of aliphatic hydroxyl groups is 1. The molecule has 84 valence electrons. The lowest BCUT2D eigenvalue weighted by molar-refractivity contribution is 0.0782. The Hall–Kier alpha value is -0.0800. The highest BCUT2D eigenvalue weighted by Gasteiger charge is 2.22. The highest BCUT2D eigenvalue weighted by atomic mass is 16.3. The SMILES string of the molecule is CC(C)(C)NCC(O)C1CCCCC1. The van der Waals surface area contributed by atoms with Gasteiger partial charge in [-0.3, -0.25) is 0 Å². The molecule has 2 N–H and O–H groups in total. The van der Waals surface area contributed by atoms with Gasteiger partial charge in [0.1, 0.15) is 0 Å². The minimum Gasteiger partial charge on any atom is -0.392 e. The summed E-state index contributed by atoms with van der Waals surface area (Å²) in [4.78, 5) is 0. The van der Waals surface area contributed by atoms with Gasteiger partial charge in [0, 0.05) is 12.1 Å². The average Bonchev–Trinajstić information content (AvgIpc) is 2.14. The first-order chi connectivity index (χ1) is 6.49. The molecule has 0 aromatic heterocycles. The van der Waals surface area contributed by atoms with Gasteiger partial charge >= 0.3 is 0 Å². The Labute approximate surface area is 88.1 Å². The van der Waals surface area contributed by atoms with Crippen molar-refractivity contribution in [1.82, 2.24) is 5.32 Å². The smallest absolute Gasteiger partial charge is 0.0692 e. The molecule has 2 nitrogen and oxygen atoms in total. The second-order valence-electron chi connectivity index (χ2n) is 5.60. The van der Waals surface area contributed by atoms with Crippen LogP contribution in [-0.2, 0) is 0 Å². The van der Waals surface area contributed by atoms with Crippen molar-refractivity contribution in [3.63, 3.8) is 0 Å². The van der Waals surface area contributed by atoms with Crippen molar-refractivity contribution in [2.24, 2.45) is 5.92 Å². The normalized spacial score (nSPS) is 22.3. The van der Waals surface area contributed by atoms with Gasteiger partial charge in [0.15, 0.2) is 0 Å². The van der Waals surface area contributed by atoms with E-state index < -0.39 is 0 Å². The zero-order valence-corrected chi connectivity index (χ0v) is 9.84. The van der Waals surface area contributed by atoms with E-state index in [1.54, 1.807) is 0 Å². The topological polar surface area (TPSA) is 32.3 Å². The Balaban J connectivity index is 2.23. The van der Waals surface area contributed by atoms with Crippen molar-refractivity contribution >= 4 is 0 Å². The van der Waals surface area contributed by atoms with Crippen LogP contribution in [-0.4, -0.2) is 23.3 Å². The van der Waals surface area contributed by atoms with Crippen LogP contribution in [0.1, 0.15) is 52.9 Å². The van der Waals surface area contributed by atoms with Gasteiger partial charge in [0.2, 0.25) is 0 Å². The van der Waals surface area contributed by atoms with Crippen LogP contribution in [0.4, 0.5) is 0 Å². The van der Waals surface area contributed by atoms with Crippen LogP contribution >= 0.6 is 0 Å². The van der Waals surface area contributed by atoms with Gasteiger partial charge in [-0.25, -0.2) is 0 Å². The number of hydrogen-bond donors (Lipinski definition) is 2.